The van der Waals surface area contributed by atoms with Crippen molar-refractivity contribution in [3.05, 3.63) is 60.3 Å². The maximum atomic E-state index is 4.39. The third kappa shape index (κ3) is 3.44. The van der Waals surface area contributed by atoms with E-state index in [9.17, 15) is 0 Å². The largest absolute Gasteiger partial charge is 0.368 e. The molecule has 0 fully saturated rings. The van der Waals surface area contributed by atoms with Crippen molar-refractivity contribution in [2.45, 2.75) is 26.3 Å². The lowest BCUT2D eigenvalue weighted by Gasteiger charge is -2.02. The second kappa shape index (κ2) is 7.39. The van der Waals surface area contributed by atoms with Gasteiger partial charge in [-0.05, 0) is 24.1 Å². The molecule has 2 N–H and O–H groups in total. The molecule has 0 aliphatic rings. The predicted octanol–water partition coefficient (Wildman–Crippen LogP) is 4.08. The molecule has 4 rings (SSSR count). The smallest absolute Gasteiger partial charge is 0.155 e. The fraction of sp³-hybridized carbons (Fsp3) is 0.250. The number of fused-ring (bicyclic) bond motifs is 1. The van der Waals surface area contributed by atoms with Crippen LogP contribution in [0.15, 0.2) is 54.7 Å². The van der Waals surface area contributed by atoms with Gasteiger partial charge >= 0.3 is 0 Å². The van der Waals surface area contributed by atoms with Crippen LogP contribution < -0.4 is 5.32 Å². The van der Waals surface area contributed by atoms with E-state index in [0.29, 0.717) is 6.54 Å². The van der Waals surface area contributed by atoms with Gasteiger partial charge in [0, 0.05) is 17.5 Å². The van der Waals surface area contributed by atoms with Crippen molar-refractivity contribution >= 4 is 16.7 Å². The molecule has 2 heterocycles. The van der Waals surface area contributed by atoms with Gasteiger partial charge in [-0.3, -0.25) is 5.10 Å². The van der Waals surface area contributed by atoms with Crippen LogP contribution in [-0.2, 0) is 6.54 Å². The molecule has 0 radical (unpaired) electrons. The first kappa shape index (κ1) is 16.3. The first-order valence-electron chi connectivity index (χ1n) is 9.00. The number of benzene rings is 2. The summed E-state index contributed by atoms with van der Waals surface area (Å²) in [6.07, 6.45) is 4.27. The first-order chi connectivity index (χ1) is 12.8. The number of aromatic amines is 1. The molecule has 6 nitrogen and oxygen atoms in total. The number of unbranched alkanes of at least 4 members (excludes halogenated alkanes) is 1. The van der Waals surface area contributed by atoms with Gasteiger partial charge in [-0.25, -0.2) is 4.68 Å². The van der Waals surface area contributed by atoms with Crippen LogP contribution in [0.25, 0.3) is 22.2 Å². The quantitative estimate of drug-likeness (QED) is 0.495. The average molecular weight is 346 g/mol. The lowest BCUT2D eigenvalue weighted by Crippen LogP contribution is -2.01. The van der Waals surface area contributed by atoms with E-state index in [0.717, 1.165) is 47.4 Å². The van der Waals surface area contributed by atoms with Crippen LogP contribution in [-0.4, -0.2) is 31.7 Å². The molecule has 132 valence electrons. The van der Waals surface area contributed by atoms with Crippen LogP contribution in [0, 0.1) is 0 Å². The zero-order valence-electron chi connectivity index (χ0n) is 14.8. The third-order valence-corrected chi connectivity index (χ3v) is 4.41. The third-order valence-electron chi connectivity index (χ3n) is 4.41. The van der Waals surface area contributed by atoms with E-state index in [2.05, 4.69) is 50.9 Å². The molecule has 0 atom stereocenters. The van der Waals surface area contributed by atoms with E-state index in [1.165, 1.54) is 5.56 Å². The molecule has 26 heavy (non-hydrogen) atoms. The number of anilines is 1. The summed E-state index contributed by atoms with van der Waals surface area (Å²) in [6.45, 7) is 3.82. The van der Waals surface area contributed by atoms with Gasteiger partial charge in [-0.15, -0.1) is 5.10 Å². The molecule has 0 aliphatic heterocycles. The maximum absolute atomic E-state index is 4.39. The first-order valence-corrected chi connectivity index (χ1v) is 9.00. The van der Waals surface area contributed by atoms with Crippen molar-refractivity contribution in [2.75, 3.05) is 11.9 Å². The van der Waals surface area contributed by atoms with Crippen LogP contribution >= 0.6 is 0 Å². The van der Waals surface area contributed by atoms with E-state index < -0.39 is 0 Å². The molecule has 2 aromatic carbocycles. The second-order valence-corrected chi connectivity index (χ2v) is 6.40. The van der Waals surface area contributed by atoms with Crippen molar-refractivity contribution < 1.29 is 0 Å². The fourth-order valence-corrected chi connectivity index (χ4v) is 2.97. The van der Waals surface area contributed by atoms with Crippen LogP contribution in [0.5, 0.6) is 0 Å². The summed E-state index contributed by atoms with van der Waals surface area (Å²) >= 11 is 0. The standard InChI is InChI=1S/C20H22N6/c1-2-3-11-21-20-17-12-16(9-10-18(17)22-24-20)19-14-26(25-23-19)13-15-7-5-4-6-8-15/h4-10,12,14H,2-3,11,13H2,1H3,(H2,21,22,24). The summed E-state index contributed by atoms with van der Waals surface area (Å²) < 4.78 is 1.87. The van der Waals surface area contributed by atoms with Gasteiger partial charge in [0.25, 0.3) is 0 Å². The zero-order chi connectivity index (χ0) is 17.8. The van der Waals surface area contributed by atoms with Crippen molar-refractivity contribution in [2.24, 2.45) is 0 Å². The topological polar surface area (TPSA) is 71.4 Å². The number of hydrogen-bond acceptors (Lipinski definition) is 4. The van der Waals surface area contributed by atoms with Gasteiger partial charge in [0.1, 0.15) is 5.69 Å². The molecular weight excluding hydrogens is 324 g/mol. The fourth-order valence-electron chi connectivity index (χ4n) is 2.97. The number of hydrogen-bond donors (Lipinski definition) is 2. The minimum atomic E-state index is 0.714. The highest BCUT2D eigenvalue weighted by molar-refractivity contribution is 5.92. The summed E-state index contributed by atoms with van der Waals surface area (Å²) in [6, 6.07) is 16.5. The molecule has 0 spiro atoms. The normalized spacial score (nSPS) is 11.1. The molecule has 2 aromatic heterocycles. The molecule has 6 heteroatoms. The molecule has 4 aromatic rings. The molecule has 0 saturated heterocycles. The summed E-state index contributed by atoms with van der Waals surface area (Å²) in [5.74, 6) is 0.895. The Labute approximate surface area is 152 Å². The second-order valence-electron chi connectivity index (χ2n) is 6.40. The highest BCUT2D eigenvalue weighted by Gasteiger charge is 2.09. The van der Waals surface area contributed by atoms with Crippen LogP contribution in [0.1, 0.15) is 25.3 Å². The van der Waals surface area contributed by atoms with Crippen molar-refractivity contribution in [3.8, 4) is 11.3 Å². The Morgan fingerprint density at radius 3 is 2.85 bits per heavy atom. The summed E-state index contributed by atoms with van der Waals surface area (Å²) in [5, 5.41) is 20.6. The molecular formula is C20H22N6. The van der Waals surface area contributed by atoms with Gasteiger partial charge in [-0.2, -0.15) is 5.10 Å². The van der Waals surface area contributed by atoms with Crippen LogP contribution in [0.4, 0.5) is 5.82 Å². The Bertz CT molecular complexity index is 986. The molecule has 0 amide bonds. The van der Waals surface area contributed by atoms with Gasteiger partial charge in [0.05, 0.1) is 18.3 Å². The Kier molecular flexibility index (Phi) is 4.64. The van der Waals surface area contributed by atoms with E-state index in [1.807, 2.05) is 41.2 Å². The number of aromatic nitrogens is 5. The zero-order valence-corrected chi connectivity index (χ0v) is 14.8. The summed E-state index contributed by atoms with van der Waals surface area (Å²) in [7, 11) is 0. The maximum Gasteiger partial charge on any atom is 0.155 e. The van der Waals surface area contributed by atoms with E-state index >= 15 is 0 Å². The van der Waals surface area contributed by atoms with Gasteiger partial charge in [-0.1, -0.05) is 55.0 Å². The van der Waals surface area contributed by atoms with E-state index in [-0.39, 0.29) is 0 Å². The van der Waals surface area contributed by atoms with Gasteiger partial charge in [0.2, 0.25) is 0 Å². The number of rotatable bonds is 7. The Morgan fingerprint density at radius 1 is 1.12 bits per heavy atom. The molecule has 0 unspecified atom stereocenters. The van der Waals surface area contributed by atoms with Crippen molar-refractivity contribution in [1.82, 2.24) is 25.2 Å². The SMILES string of the molecule is CCCCNc1n[nH]c2ccc(-c3cn(Cc4ccccc4)nn3)cc12. The van der Waals surface area contributed by atoms with Gasteiger partial charge < -0.3 is 5.32 Å². The Hall–Kier alpha value is -3.15. The number of nitrogens with zero attached hydrogens (tertiary/aromatic N) is 4. The summed E-state index contributed by atoms with van der Waals surface area (Å²) in [5.41, 5.74) is 4.13. The van der Waals surface area contributed by atoms with Crippen molar-refractivity contribution in [3.63, 3.8) is 0 Å². The van der Waals surface area contributed by atoms with Crippen molar-refractivity contribution in [1.29, 1.82) is 0 Å². The van der Waals surface area contributed by atoms with E-state index in [4.69, 9.17) is 0 Å². The minimum Gasteiger partial charge on any atom is -0.368 e. The van der Waals surface area contributed by atoms with Gasteiger partial charge in [0.15, 0.2) is 5.82 Å². The summed E-state index contributed by atoms with van der Waals surface area (Å²) in [4.78, 5) is 0. The average Bonchev–Trinajstić information content (AvgIpc) is 3.30. The van der Waals surface area contributed by atoms with Crippen LogP contribution in [0.3, 0.4) is 0 Å². The number of nitrogens with one attached hydrogen (secondary N) is 2. The molecule has 0 saturated carbocycles. The minimum absolute atomic E-state index is 0.714. The highest BCUT2D eigenvalue weighted by atomic mass is 15.4. The van der Waals surface area contributed by atoms with E-state index in [1.54, 1.807) is 0 Å². The molecule has 0 bridgehead atoms. The number of H-pyrrole nitrogens is 1. The monoisotopic (exact) mass is 346 g/mol. The molecule has 0 aliphatic carbocycles. The predicted molar refractivity (Wildman–Crippen MR) is 104 cm³/mol. The van der Waals surface area contributed by atoms with Crippen LogP contribution in [0.2, 0.25) is 0 Å². The highest BCUT2D eigenvalue weighted by Crippen LogP contribution is 2.26. The Morgan fingerprint density at radius 2 is 2.00 bits per heavy atom. The lowest BCUT2D eigenvalue weighted by molar-refractivity contribution is 0.650. The Balaban J connectivity index is 1.57. The lowest BCUT2D eigenvalue weighted by atomic mass is 10.1.